The topological polar surface area (TPSA) is 57.2 Å². The maximum absolute atomic E-state index is 9.67. The molecular weight excluding hydrogens is 176 g/mol. The Bertz CT molecular complexity index is 151. The number of aliphatic hydroxyl groups excluding tert-OH is 1. The highest BCUT2D eigenvalue weighted by Gasteiger charge is 2.44. The van der Waals surface area contributed by atoms with Gasteiger partial charge in [0.1, 0.15) is 18.3 Å². The number of methoxy groups -OCH3 is 3. The summed E-state index contributed by atoms with van der Waals surface area (Å²) in [5.74, 6) is 0. The average Bonchev–Trinajstić information content (AvgIpc) is 2.44. The molecule has 0 aromatic carbocycles. The van der Waals surface area contributed by atoms with Crippen LogP contribution in [0.3, 0.4) is 0 Å². The molecule has 78 valence electrons. The van der Waals surface area contributed by atoms with Crippen LogP contribution < -0.4 is 0 Å². The largest absolute Gasteiger partial charge is 0.387 e. The lowest BCUT2D eigenvalue weighted by Crippen LogP contribution is -2.36. The van der Waals surface area contributed by atoms with Gasteiger partial charge >= 0.3 is 0 Å². The molecule has 1 aliphatic heterocycles. The lowest BCUT2D eigenvalue weighted by Gasteiger charge is -2.16. The Morgan fingerprint density at radius 3 is 2.31 bits per heavy atom. The molecular formula is C8H16O5. The first-order valence-corrected chi connectivity index (χ1v) is 4.12. The molecule has 0 aliphatic carbocycles. The van der Waals surface area contributed by atoms with Gasteiger partial charge < -0.3 is 24.1 Å². The molecule has 1 heterocycles. The fourth-order valence-electron chi connectivity index (χ4n) is 1.45. The fraction of sp³-hybridized carbons (Fsp3) is 1.00. The highest BCUT2D eigenvalue weighted by molar-refractivity contribution is 4.87. The van der Waals surface area contributed by atoms with Crippen LogP contribution in [-0.2, 0) is 18.9 Å². The molecule has 1 saturated heterocycles. The number of aliphatic hydroxyl groups is 1. The van der Waals surface area contributed by atoms with Crippen LogP contribution in [0.15, 0.2) is 0 Å². The molecule has 1 aliphatic rings. The molecule has 5 nitrogen and oxygen atoms in total. The zero-order valence-corrected chi connectivity index (χ0v) is 8.10. The Hall–Kier alpha value is -0.200. The van der Waals surface area contributed by atoms with Crippen molar-refractivity contribution in [3.63, 3.8) is 0 Å². The Morgan fingerprint density at radius 2 is 1.92 bits per heavy atom. The van der Waals surface area contributed by atoms with Gasteiger partial charge in [0.25, 0.3) is 0 Å². The molecule has 0 saturated carbocycles. The van der Waals surface area contributed by atoms with E-state index in [-0.39, 0.29) is 6.10 Å². The Kier molecular flexibility index (Phi) is 4.08. The maximum atomic E-state index is 9.67. The van der Waals surface area contributed by atoms with Crippen LogP contribution in [-0.4, -0.2) is 57.6 Å². The summed E-state index contributed by atoms with van der Waals surface area (Å²) >= 11 is 0. The maximum Gasteiger partial charge on any atom is 0.186 e. The van der Waals surface area contributed by atoms with Crippen molar-refractivity contribution in [1.29, 1.82) is 0 Å². The van der Waals surface area contributed by atoms with Crippen molar-refractivity contribution in [3.05, 3.63) is 0 Å². The third kappa shape index (κ3) is 2.18. The van der Waals surface area contributed by atoms with Crippen LogP contribution >= 0.6 is 0 Å². The fourth-order valence-corrected chi connectivity index (χ4v) is 1.45. The van der Waals surface area contributed by atoms with Crippen molar-refractivity contribution < 1.29 is 24.1 Å². The third-order valence-electron chi connectivity index (χ3n) is 2.13. The summed E-state index contributed by atoms with van der Waals surface area (Å²) in [6, 6.07) is 0. The summed E-state index contributed by atoms with van der Waals surface area (Å²) in [6.07, 6.45) is -2.03. The smallest absolute Gasteiger partial charge is 0.186 e. The summed E-state index contributed by atoms with van der Waals surface area (Å²) in [5, 5.41) is 9.67. The molecule has 0 aromatic rings. The van der Waals surface area contributed by atoms with Crippen molar-refractivity contribution in [1.82, 2.24) is 0 Å². The van der Waals surface area contributed by atoms with Crippen LogP contribution in [0.1, 0.15) is 0 Å². The summed E-state index contributed by atoms with van der Waals surface area (Å²) in [4.78, 5) is 0. The standard InChI is InChI=1S/C8H16O5/c1-10-4-5-6(9)7(11-2)8(12-3)13-5/h5-9H,4H2,1-3H3/t5-,6+,7-,8+/m1/s1. The summed E-state index contributed by atoms with van der Waals surface area (Å²) in [6.45, 7) is 0.334. The van der Waals surface area contributed by atoms with E-state index in [1.165, 1.54) is 14.2 Å². The molecule has 0 radical (unpaired) electrons. The molecule has 0 unspecified atom stereocenters. The molecule has 1 rings (SSSR count). The minimum absolute atomic E-state index is 0.334. The number of ether oxygens (including phenoxy) is 4. The second kappa shape index (κ2) is 4.88. The van der Waals surface area contributed by atoms with Crippen LogP contribution in [0.5, 0.6) is 0 Å². The minimum Gasteiger partial charge on any atom is -0.387 e. The van der Waals surface area contributed by atoms with Gasteiger partial charge in [-0.05, 0) is 0 Å². The van der Waals surface area contributed by atoms with Gasteiger partial charge in [0, 0.05) is 21.3 Å². The van der Waals surface area contributed by atoms with E-state index < -0.39 is 18.5 Å². The second-order valence-corrected chi connectivity index (χ2v) is 2.92. The number of rotatable bonds is 4. The van der Waals surface area contributed by atoms with E-state index in [1.54, 1.807) is 7.11 Å². The van der Waals surface area contributed by atoms with E-state index in [1.807, 2.05) is 0 Å². The Labute approximate surface area is 77.5 Å². The molecule has 1 N–H and O–H groups in total. The normalized spacial score (nSPS) is 39.7. The van der Waals surface area contributed by atoms with E-state index in [4.69, 9.17) is 18.9 Å². The number of hydrogen-bond donors (Lipinski definition) is 1. The highest BCUT2D eigenvalue weighted by atomic mass is 16.7. The van der Waals surface area contributed by atoms with E-state index in [0.717, 1.165) is 0 Å². The van der Waals surface area contributed by atoms with Crippen LogP contribution in [0.25, 0.3) is 0 Å². The number of hydrogen-bond acceptors (Lipinski definition) is 5. The van der Waals surface area contributed by atoms with Crippen LogP contribution in [0.2, 0.25) is 0 Å². The van der Waals surface area contributed by atoms with Gasteiger partial charge in [0.2, 0.25) is 0 Å². The SMILES string of the molecule is COC[C@H]1O[C@H](OC)[C@H](OC)[C@H]1O. The summed E-state index contributed by atoms with van der Waals surface area (Å²) in [5.41, 5.74) is 0. The predicted octanol–water partition coefficient (Wildman–Crippen LogP) is -0.620. The van der Waals surface area contributed by atoms with Gasteiger partial charge in [-0.2, -0.15) is 0 Å². The van der Waals surface area contributed by atoms with Crippen LogP contribution in [0, 0.1) is 0 Å². The van der Waals surface area contributed by atoms with Gasteiger partial charge in [-0.1, -0.05) is 0 Å². The Morgan fingerprint density at radius 1 is 1.23 bits per heavy atom. The first kappa shape index (κ1) is 10.9. The van der Waals surface area contributed by atoms with Crippen molar-refractivity contribution >= 4 is 0 Å². The molecule has 0 spiro atoms. The van der Waals surface area contributed by atoms with E-state index in [2.05, 4.69) is 0 Å². The second-order valence-electron chi connectivity index (χ2n) is 2.92. The monoisotopic (exact) mass is 192 g/mol. The molecule has 0 aromatic heterocycles. The van der Waals surface area contributed by atoms with E-state index >= 15 is 0 Å². The lowest BCUT2D eigenvalue weighted by molar-refractivity contribution is -0.160. The lowest BCUT2D eigenvalue weighted by atomic mass is 10.1. The minimum atomic E-state index is -0.699. The average molecular weight is 192 g/mol. The van der Waals surface area contributed by atoms with Gasteiger partial charge in [0.15, 0.2) is 6.29 Å². The molecule has 5 heteroatoms. The molecule has 13 heavy (non-hydrogen) atoms. The van der Waals surface area contributed by atoms with E-state index in [9.17, 15) is 5.11 Å². The Balaban J connectivity index is 2.54. The highest BCUT2D eigenvalue weighted by Crippen LogP contribution is 2.23. The first-order valence-electron chi connectivity index (χ1n) is 4.12. The first-order chi connectivity index (χ1) is 6.24. The third-order valence-corrected chi connectivity index (χ3v) is 2.13. The van der Waals surface area contributed by atoms with Gasteiger partial charge in [-0.15, -0.1) is 0 Å². The van der Waals surface area contributed by atoms with Crippen molar-refractivity contribution in [2.75, 3.05) is 27.9 Å². The molecule has 0 bridgehead atoms. The zero-order chi connectivity index (χ0) is 9.84. The summed E-state index contributed by atoms with van der Waals surface area (Å²) < 4.78 is 20.3. The van der Waals surface area contributed by atoms with Gasteiger partial charge in [-0.3, -0.25) is 0 Å². The van der Waals surface area contributed by atoms with Gasteiger partial charge in [0.05, 0.1) is 6.61 Å². The zero-order valence-electron chi connectivity index (χ0n) is 8.10. The van der Waals surface area contributed by atoms with Crippen molar-refractivity contribution in [2.45, 2.75) is 24.6 Å². The van der Waals surface area contributed by atoms with Crippen LogP contribution in [0.4, 0.5) is 0 Å². The molecule has 0 amide bonds. The molecule has 1 fully saturated rings. The molecule has 4 atom stereocenters. The van der Waals surface area contributed by atoms with Crippen molar-refractivity contribution in [2.24, 2.45) is 0 Å². The predicted molar refractivity (Wildman–Crippen MR) is 44.3 cm³/mol. The quantitative estimate of drug-likeness (QED) is 0.643. The summed E-state index contributed by atoms with van der Waals surface area (Å²) in [7, 11) is 4.58. The van der Waals surface area contributed by atoms with Gasteiger partial charge in [-0.25, -0.2) is 0 Å². The van der Waals surface area contributed by atoms with E-state index in [0.29, 0.717) is 6.61 Å². The van der Waals surface area contributed by atoms with Crippen molar-refractivity contribution in [3.8, 4) is 0 Å².